The SMILES string of the molecule is Cc1cc(N2C[C@H]3CC[C@@H](C2)[C@@H]3Nc2nc(Oc3cccc(Cl)c3)n(CC(F)F)n2)ncn1. The molecule has 2 aliphatic rings. The quantitative estimate of drug-likeness (QED) is 0.542. The lowest BCUT2D eigenvalue weighted by molar-refractivity contribution is 0.118. The number of aromatic nitrogens is 5. The predicted molar refractivity (Wildman–Crippen MR) is 120 cm³/mol. The first-order chi connectivity index (χ1) is 15.9. The van der Waals surface area contributed by atoms with E-state index in [1.807, 2.05) is 13.0 Å². The van der Waals surface area contributed by atoms with Crippen LogP contribution in [0.15, 0.2) is 36.7 Å². The van der Waals surface area contributed by atoms with Crippen molar-refractivity contribution < 1.29 is 13.5 Å². The highest BCUT2D eigenvalue weighted by molar-refractivity contribution is 6.30. The van der Waals surface area contributed by atoms with Crippen LogP contribution in [0.1, 0.15) is 18.5 Å². The Morgan fingerprint density at radius 3 is 2.67 bits per heavy atom. The highest BCUT2D eigenvalue weighted by atomic mass is 35.5. The third kappa shape index (κ3) is 4.85. The van der Waals surface area contributed by atoms with Gasteiger partial charge in [0.1, 0.15) is 24.4 Å². The molecule has 2 aromatic heterocycles. The molecule has 2 fully saturated rings. The zero-order valence-electron chi connectivity index (χ0n) is 18.0. The maximum Gasteiger partial charge on any atom is 0.322 e. The van der Waals surface area contributed by atoms with Gasteiger partial charge in [-0.3, -0.25) is 0 Å². The van der Waals surface area contributed by atoms with E-state index in [2.05, 4.69) is 30.3 Å². The van der Waals surface area contributed by atoms with Crippen molar-refractivity contribution in [3.05, 3.63) is 47.4 Å². The molecule has 1 aliphatic carbocycles. The summed E-state index contributed by atoms with van der Waals surface area (Å²) in [7, 11) is 0. The first-order valence-electron chi connectivity index (χ1n) is 10.9. The van der Waals surface area contributed by atoms with E-state index in [0.29, 0.717) is 28.6 Å². The van der Waals surface area contributed by atoms with Crippen LogP contribution in [0.4, 0.5) is 20.5 Å². The first kappa shape index (κ1) is 21.8. The fraction of sp³-hybridized carbons (Fsp3) is 0.455. The van der Waals surface area contributed by atoms with Crippen molar-refractivity contribution >= 4 is 23.4 Å². The van der Waals surface area contributed by atoms with Crippen LogP contribution in [-0.2, 0) is 6.54 Å². The molecule has 11 heteroatoms. The molecule has 3 aromatic rings. The summed E-state index contributed by atoms with van der Waals surface area (Å²) in [6.45, 7) is 3.06. The number of nitrogens with zero attached hydrogens (tertiary/aromatic N) is 6. The van der Waals surface area contributed by atoms with Crippen molar-refractivity contribution in [1.82, 2.24) is 24.7 Å². The minimum absolute atomic E-state index is 0.00121. The lowest BCUT2D eigenvalue weighted by atomic mass is 9.92. The second-order valence-electron chi connectivity index (χ2n) is 8.54. The van der Waals surface area contributed by atoms with Crippen LogP contribution in [0.3, 0.4) is 0 Å². The van der Waals surface area contributed by atoms with Gasteiger partial charge in [-0.2, -0.15) is 4.98 Å². The number of ether oxygens (including phenoxy) is 1. The Labute approximate surface area is 195 Å². The molecule has 0 spiro atoms. The number of halogens is 3. The maximum atomic E-state index is 13.1. The van der Waals surface area contributed by atoms with E-state index in [4.69, 9.17) is 16.3 Å². The van der Waals surface area contributed by atoms with Gasteiger partial charge in [0.15, 0.2) is 0 Å². The number of alkyl halides is 2. The van der Waals surface area contributed by atoms with E-state index in [-0.39, 0.29) is 12.1 Å². The largest absolute Gasteiger partial charge is 0.424 e. The average Bonchev–Trinajstić information content (AvgIpc) is 3.22. The van der Waals surface area contributed by atoms with Crippen LogP contribution in [0.2, 0.25) is 5.02 Å². The Morgan fingerprint density at radius 1 is 1.18 bits per heavy atom. The van der Waals surface area contributed by atoms with Gasteiger partial charge in [-0.05, 0) is 49.8 Å². The van der Waals surface area contributed by atoms with Crippen molar-refractivity contribution in [3.8, 4) is 11.8 Å². The molecule has 8 nitrogen and oxygen atoms in total. The molecule has 1 aliphatic heterocycles. The number of hydrogen-bond donors (Lipinski definition) is 1. The molecule has 3 heterocycles. The van der Waals surface area contributed by atoms with Crippen molar-refractivity contribution in [2.24, 2.45) is 11.8 Å². The van der Waals surface area contributed by atoms with Crippen LogP contribution in [0.25, 0.3) is 0 Å². The van der Waals surface area contributed by atoms with Gasteiger partial charge in [0, 0.05) is 35.9 Å². The Balaban J connectivity index is 1.32. The van der Waals surface area contributed by atoms with E-state index in [1.54, 1.807) is 30.6 Å². The Kier molecular flexibility index (Phi) is 6.01. The summed E-state index contributed by atoms with van der Waals surface area (Å²) in [6, 6.07) is 8.87. The van der Waals surface area contributed by atoms with E-state index in [1.165, 1.54) is 0 Å². The fourth-order valence-electron chi connectivity index (χ4n) is 4.76. The molecule has 3 atom stereocenters. The van der Waals surface area contributed by atoms with Crippen molar-refractivity contribution in [3.63, 3.8) is 0 Å². The number of benzene rings is 1. The average molecular weight is 476 g/mol. The molecule has 1 saturated heterocycles. The highest BCUT2D eigenvalue weighted by Crippen LogP contribution is 2.40. The van der Waals surface area contributed by atoms with Crippen LogP contribution in [0.5, 0.6) is 11.8 Å². The van der Waals surface area contributed by atoms with Gasteiger partial charge < -0.3 is 15.0 Å². The van der Waals surface area contributed by atoms with Gasteiger partial charge in [0.25, 0.3) is 6.43 Å². The van der Waals surface area contributed by atoms with Gasteiger partial charge in [-0.25, -0.2) is 23.4 Å². The zero-order chi connectivity index (χ0) is 22.9. The smallest absolute Gasteiger partial charge is 0.322 e. The monoisotopic (exact) mass is 475 g/mol. The summed E-state index contributed by atoms with van der Waals surface area (Å²) in [4.78, 5) is 15.3. The predicted octanol–water partition coefficient (Wildman–Crippen LogP) is 4.41. The summed E-state index contributed by atoms with van der Waals surface area (Å²) >= 11 is 6.01. The second kappa shape index (κ2) is 9.09. The number of nitrogens with one attached hydrogen (secondary N) is 1. The van der Waals surface area contributed by atoms with Crippen LogP contribution in [0, 0.1) is 18.8 Å². The fourth-order valence-corrected chi connectivity index (χ4v) is 4.94. The normalized spacial score (nSPS) is 22.1. The molecule has 174 valence electrons. The third-order valence-electron chi connectivity index (χ3n) is 6.20. The minimum Gasteiger partial charge on any atom is -0.424 e. The Morgan fingerprint density at radius 2 is 1.97 bits per heavy atom. The molecule has 0 radical (unpaired) electrons. The Hall–Kier alpha value is -3.01. The lowest BCUT2D eigenvalue weighted by Gasteiger charge is -2.38. The number of rotatable bonds is 7. The molecule has 1 saturated carbocycles. The number of fused-ring (bicyclic) bond motifs is 2. The molecule has 0 amide bonds. The standard InChI is InChI=1S/C22H24ClF2N7O/c1-13-7-19(27-12-26-13)31-9-14-5-6-15(10-31)20(14)28-21-29-22(32(30-21)11-18(24)25)33-17-4-2-3-16(23)8-17/h2-4,7-8,12,14-15,18,20H,5-6,9-11H2,1H3,(H,28,30)/t14-,15+,20-. The number of hydrogen-bond acceptors (Lipinski definition) is 7. The van der Waals surface area contributed by atoms with Crippen LogP contribution in [-0.4, -0.2) is 50.3 Å². The summed E-state index contributed by atoms with van der Waals surface area (Å²) in [5.74, 6) is 2.39. The second-order valence-corrected chi connectivity index (χ2v) is 8.98. The summed E-state index contributed by atoms with van der Waals surface area (Å²) in [5, 5.41) is 8.15. The minimum atomic E-state index is -2.59. The van der Waals surface area contributed by atoms with Crippen molar-refractivity contribution in [2.45, 2.75) is 38.8 Å². The first-order valence-corrected chi connectivity index (χ1v) is 11.3. The van der Waals surface area contributed by atoms with E-state index < -0.39 is 13.0 Å². The van der Waals surface area contributed by atoms with Gasteiger partial charge in [0.05, 0.1) is 0 Å². The topological polar surface area (TPSA) is 81.0 Å². The maximum absolute atomic E-state index is 13.1. The molecule has 0 unspecified atom stereocenters. The van der Waals surface area contributed by atoms with Gasteiger partial charge in [0.2, 0.25) is 5.95 Å². The molecule has 5 rings (SSSR count). The molecule has 2 bridgehead atoms. The number of piperidine rings is 1. The van der Waals surface area contributed by atoms with Crippen molar-refractivity contribution in [2.75, 3.05) is 23.3 Å². The summed E-state index contributed by atoms with van der Waals surface area (Å²) in [6.07, 6.45) is 1.16. The lowest BCUT2D eigenvalue weighted by Crippen LogP contribution is -2.48. The molecule has 1 aromatic carbocycles. The van der Waals surface area contributed by atoms with Gasteiger partial charge >= 0.3 is 6.01 Å². The molecule has 33 heavy (non-hydrogen) atoms. The van der Waals surface area contributed by atoms with Crippen LogP contribution >= 0.6 is 11.6 Å². The van der Waals surface area contributed by atoms with Gasteiger partial charge in [-0.15, -0.1) is 5.10 Å². The highest BCUT2D eigenvalue weighted by Gasteiger charge is 2.43. The van der Waals surface area contributed by atoms with Crippen LogP contribution < -0.4 is 15.0 Å². The van der Waals surface area contributed by atoms with E-state index >= 15 is 0 Å². The van der Waals surface area contributed by atoms with Gasteiger partial charge in [-0.1, -0.05) is 17.7 Å². The molecule has 1 N–H and O–H groups in total. The molecular formula is C22H24ClF2N7O. The number of anilines is 2. The number of aryl methyl sites for hydroxylation is 1. The zero-order valence-corrected chi connectivity index (χ0v) is 18.8. The van der Waals surface area contributed by atoms with Crippen molar-refractivity contribution in [1.29, 1.82) is 0 Å². The summed E-state index contributed by atoms with van der Waals surface area (Å²) < 4.78 is 33.1. The Bertz CT molecular complexity index is 1110. The summed E-state index contributed by atoms with van der Waals surface area (Å²) in [5.41, 5.74) is 0.939. The third-order valence-corrected chi connectivity index (χ3v) is 6.43. The van der Waals surface area contributed by atoms with E-state index in [9.17, 15) is 8.78 Å². The molecular weight excluding hydrogens is 452 g/mol. The van der Waals surface area contributed by atoms with E-state index in [0.717, 1.165) is 42.1 Å².